The molecule has 1 saturated heterocycles. The molecule has 22 heavy (non-hydrogen) atoms. The number of halogens is 2. The van der Waals surface area contributed by atoms with Gasteiger partial charge >= 0.3 is 6.09 Å². The highest BCUT2D eigenvalue weighted by Crippen LogP contribution is 2.45. The molecule has 0 atom stereocenters. The molecule has 1 amide bonds. The van der Waals surface area contributed by atoms with Crippen molar-refractivity contribution in [2.75, 3.05) is 32.7 Å². The largest absolute Gasteiger partial charge is 0.444 e. The number of ether oxygens (including phenoxy) is 1. The zero-order chi connectivity index (χ0) is 16.6. The molecule has 1 aliphatic heterocycles. The predicted molar refractivity (Wildman–Crippen MR) is 80.0 cm³/mol. The van der Waals surface area contributed by atoms with Crippen molar-refractivity contribution in [1.29, 1.82) is 0 Å². The molecule has 0 spiro atoms. The molecule has 5 nitrogen and oxygen atoms in total. The van der Waals surface area contributed by atoms with Gasteiger partial charge in [-0.05, 0) is 27.2 Å². The number of nitrogens with two attached hydrogens (primary N) is 1. The molecule has 0 aromatic carbocycles. The first kappa shape index (κ1) is 17.4. The second-order valence-electron chi connectivity index (χ2n) is 7.63. The van der Waals surface area contributed by atoms with Gasteiger partial charge in [0.25, 0.3) is 5.92 Å². The van der Waals surface area contributed by atoms with Gasteiger partial charge < -0.3 is 15.4 Å². The molecule has 2 N–H and O–H groups in total. The molecule has 0 radical (unpaired) electrons. The highest BCUT2D eigenvalue weighted by molar-refractivity contribution is 5.68. The Balaban J connectivity index is 1.68. The normalized spacial score (nSPS) is 24.7. The zero-order valence-electron chi connectivity index (χ0n) is 13.7. The molecular weight excluding hydrogens is 292 g/mol. The summed E-state index contributed by atoms with van der Waals surface area (Å²) in [5, 5.41) is 0. The number of carbonyl (C=O) groups excluding carboxylic acids is 1. The smallest absolute Gasteiger partial charge is 0.410 e. The summed E-state index contributed by atoms with van der Waals surface area (Å²) in [7, 11) is 0. The van der Waals surface area contributed by atoms with E-state index in [1.54, 1.807) is 4.90 Å². The lowest BCUT2D eigenvalue weighted by molar-refractivity contribution is -0.125. The number of piperazine rings is 1. The summed E-state index contributed by atoms with van der Waals surface area (Å²) < 4.78 is 31.2. The minimum absolute atomic E-state index is 0.210. The Morgan fingerprint density at radius 1 is 1.18 bits per heavy atom. The van der Waals surface area contributed by atoms with Crippen molar-refractivity contribution < 1.29 is 18.3 Å². The van der Waals surface area contributed by atoms with E-state index < -0.39 is 17.1 Å². The first-order chi connectivity index (χ1) is 9.98. The Kier molecular flexibility index (Phi) is 4.69. The van der Waals surface area contributed by atoms with Crippen molar-refractivity contribution in [2.24, 2.45) is 5.73 Å². The maximum Gasteiger partial charge on any atom is 0.410 e. The Hall–Kier alpha value is -0.950. The summed E-state index contributed by atoms with van der Waals surface area (Å²) >= 11 is 0. The molecule has 2 aliphatic rings. The van der Waals surface area contributed by atoms with Gasteiger partial charge in [-0.25, -0.2) is 13.6 Å². The maximum atomic E-state index is 12.9. The quantitative estimate of drug-likeness (QED) is 0.865. The van der Waals surface area contributed by atoms with Crippen molar-refractivity contribution in [3.63, 3.8) is 0 Å². The average molecular weight is 319 g/mol. The van der Waals surface area contributed by atoms with Crippen LogP contribution in [0.15, 0.2) is 0 Å². The lowest BCUT2D eigenvalue weighted by Crippen LogP contribution is -2.60. The van der Waals surface area contributed by atoms with Crippen LogP contribution in [0, 0.1) is 0 Å². The molecule has 1 heterocycles. The Morgan fingerprint density at radius 3 is 2.18 bits per heavy atom. The van der Waals surface area contributed by atoms with Gasteiger partial charge in [0.1, 0.15) is 5.60 Å². The van der Waals surface area contributed by atoms with Crippen LogP contribution in [-0.2, 0) is 4.74 Å². The summed E-state index contributed by atoms with van der Waals surface area (Å²) in [6.07, 6.45) is -0.133. The van der Waals surface area contributed by atoms with Gasteiger partial charge in [-0.1, -0.05) is 0 Å². The summed E-state index contributed by atoms with van der Waals surface area (Å²) in [6, 6.07) is 0. The van der Waals surface area contributed by atoms with Crippen LogP contribution in [0.1, 0.15) is 40.0 Å². The van der Waals surface area contributed by atoms with E-state index in [1.807, 2.05) is 20.8 Å². The summed E-state index contributed by atoms with van der Waals surface area (Å²) in [5.74, 6) is -2.58. The fraction of sp³-hybridized carbons (Fsp3) is 0.933. The number of nitrogens with zero attached hydrogens (tertiary/aromatic N) is 2. The molecule has 0 bridgehead atoms. The van der Waals surface area contributed by atoms with Gasteiger partial charge in [0, 0.05) is 51.1 Å². The number of hydrogen-bond donors (Lipinski definition) is 1. The van der Waals surface area contributed by atoms with Crippen LogP contribution < -0.4 is 5.73 Å². The summed E-state index contributed by atoms with van der Waals surface area (Å²) in [6.45, 7) is 8.89. The van der Waals surface area contributed by atoms with E-state index >= 15 is 0 Å². The van der Waals surface area contributed by atoms with Crippen molar-refractivity contribution >= 4 is 6.09 Å². The first-order valence-electron chi connectivity index (χ1n) is 7.85. The van der Waals surface area contributed by atoms with Crippen LogP contribution in [0.4, 0.5) is 13.6 Å². The molecule has 2 fully saturated rings. The molecule has 128 valence electrons. The van der Waals surface area contributed by atoms with E-state index in [0.29, 0.717) is 26.1 Å². The molecule has 0 aromatic heterocycles. The minimum atomic E-state index is -2.58. The molecule has 1 saturated carbocycles. The standard InChI is InChI=1S/C15H27F2N3O2/c1-13(2,3)22-12(21)20-8-6-19(7-9-20)5-4-14(18)10-15(16,17)11-14/h4-11,18H2,1-3H3. The fourth-order valence-corrected chi connectivity index (χ4v) is 3.02. The van der Waals surface area contributed by atoms with Crippen molar-refractivity contribution in [2.45, 2.75) is 57.1 Å². The van der Waals surface area contributed by atoms with E-state index in [9.17, 15) is 13.6 Å². The number of amides is 1. The van der Waals surface area contributed by atoms with E-state index in [-0.39, 0.29) is 18.9 Å². The summed E-state index contributed by atoms with van der Waals surface area (Å²) in [5.41, 5.74) is 4.74. The van der Waals surface area contributed by atoms with Gasteiger partial charge in [-0.15, -0.1) is 0 Å². The molecular formula is C15H27F2N3O2. The van der Waals surface area contributed by atoms with Crippen LogP contribution in [0.5, 0.6) is 0 Å². The van der Waals surface area contributed by atoms with Gasteiger partial charge in [0.15, 0.2) is 0 Å². The van der Waals surface area contributed by atoms with Crippen LogP contribution in [-0.4, -0.2) is 65.7 Å². The zero-order valence-corrected chi connectivity index (χ0v) is 13.7. The second-order valence-corrected chi connectivity index (χ2v) is 7.63. The number of rotatable bonds is 3. The third-order valence-corrected chi connectivity index (χ3v) is 4.17. The van der Waals surface area contributed by atoms with Crippen LogP contribution in [0.3, 0.4) is 0 Å². The highest BCUT2D eigenvalue weighted by atomic mass is 19.3. The van der Waals surface area contributed by atoms with Crippen molar-refractivity contribution in [1.82, 2.24) is 9.80 Å². The fourth-order valence-electron chi connectivity index (χ4n) is 3.02. The van der Waals surface area contributed by atoms with Crippen LogP contribution in [0.25, 0.3) is 0 Å². The number of carbonyl (C=O) groups is 1. The molecule has 2 rings (SSSR count). The SMILES string of the molecule is CC(C)(C)OC(=O)N1CCN(CCC2(N)CC(F)(F)C2)CC1. The molecule has 0 unspecified atom stereocenters. The van der Waals surface area contributed by atoms with Crippen LogP contribution >= 0.6 is 0 Å². The third kappa shape index (κ3) is 4.78. The van der Waals surface area contributed by atoms with Crippen molar-refractivity contribution in [3.05, 3.63) is 0 Å². The van der Waals surface area contributed by atoms with Gasteiger partial charge in [0.05, 0.1) is 0 Å². The topological polar surface area (TPSA) is 58.8 Å². The molecule has 0 aromatic rings. The number of alkyl halides is 2. The summed E-state index contributed by atoms with van der Waals surface area (Å²) in [4.78, 5) is 15.8. The lowest BCUT2D eigenvalue weighted by Gasteiger charge is -2.46. The highest BCUT2D eigenvalue weighted by Gasteiger charge is 2.53. The minimum Gasteiger partial charge on any atom is -0.444 e. The Labute approximate surface area is 130 Å². The monoisotopic (exact) mass is 319 g/mol. The maximum absolute atomic E-state index is 12.9. The van der Waals surface area contributed by atoms with Gasteiger partial charge in [0.2, 0.25) is 0 Å². The van der Waals surface area contributed by atoms with Crippen molar-refractivity contribution in [3.8, 4) is 0 Å². The van der Waals surface area contributed by atoms with E-state index in [4.69, 9.17) is 10.5 Å². The van der Waals surface area contributed by atoms with E-state index in [0.717, 1.165) is 13.1 Å². The Morgan fingerprint density at radius 2 is 1.73 bits per heavy atom. The van der Waals surface area contributed by atoms with E-state index in [1.165, 1.54) is 0 Å². The second kappa shape index (κ2) is 5.92. The Bertz CT molecular complexity index is 408. The van der Waals surface area contributed by atoms with Gasteiger partial charge in [-0.2, -0.15) is 0 Å². The average Bonchev–Trinajstić information content (AvgIpc) is 2.32. The lowest BCUT2D eigenvalue weighted by atomic mass is 9.72. The third-order valence-electron chi connectivity index (χ3n) is 4.17. The number of hydrogen-bond acceptors (Lipinski definition) is 4. The van der Waals surface area contributed by atoms with E-state index in [2.05, 4.69) is 4.90 Å². The first-order valence-corrected chi connectivity index (χ1v) is 7.85. The molecule has 1 aliphatic carbocycles. The van der Waals surface area contributed by atoms with Crippen LogP contribution in [0.2, 0.25) is 0 Å². The molecule has 7 heteroatoms. The predicted octanol–water partition coefficient (Wildman–Crippen LogP) is 2.06. The van der Waals surface area contributed by atoms with Gasteiger partial charge in [-0.3, -0.25) is 4.90 Å².